The summed E-state index contributed by atoms with van der Waals surface area (Å²) in [5.41, 5.74) is 6.18. The van der Waals surface area contributed by atoms with Crippen LogP contribution in [-0.4, -0.2) is 34.4 Å². The van der Waals surface area contributed by atoms with Crippen molar-refractivity contribution in [3.05, 3.63) is 29.6 Å². The Morgan fingerprint density at radius 2 is 2.17 bits per heavy atom. The van der Waals surface area contributed by atoms with Crippen LogP contribution in [0.15, 0.2) is 18.2 Å². The fourth-order valence-electron chi connectivity index (χ4n) is 2.11. The molecule has 0 bridgehead atoms. The highest BCUT2D eigenvalue weighted by atomic mass is 32.2. The number of carbonyl (C=O) groups is 1. The molecule has 0 radical (unpaired) electrons. The predicted octanol–water partition coefficient (Wildman–Crippen LogP) is 2.38. The molecule has 2 N–H and O–H groups in total. The van der Waals surface area contributed by atoms with Crippen molar-refractivity contribution in [2.45, 2.75) is 18.6 Å². The van der Waals surface area contributed by atoms with Gasteiger partial charge in [0.2, 0.25) is 0 Å². The van der Waals surface area contributed by atoms with E-state index in [-0.39, 0.29) is 16.3 Å². The fraction of sp³-hybridized carbons (Fsp3) is 0.462. The number of rotatable bonds is 1. The number of benzene rings is 1. The van der Waals surface area contributed by atoms with E-state index in [1.165, 1.54) is 18.2 Å². The molecule has 1 aliphatic heterocycles. The molecule has 0 aromatic heterocycles. The van der Waals surface area contributed by atoms with Crippen LogP contribution in [0.2, 0.25) is 0 Å². The molecular formula is C13H17FN2OS. The summed E-state index contributed by atoms with van der Waals surface area (Å²) in [5, 5.41) is 0. The van der Waals surface area contributed by atoms with E-state index in [1.807, 2.05) is 11.8 Å². The van der Waals surface area contributed by atoms with Crippen molar-refractivity contribution in [1.29, 1.82) is 0 Å². The Kier molecular flexibility index (Phi) is 3.52. The van der Waals surface area contributed by atoms with E-state index in [4.69, 9.17) is 5.73 Å². The van der Waals surface area contributed by atoms with Crippen molar-refractivity contribution in [3.63, 3.8) is 0 Å². The van der Waals surface area contributed by atoms with Gasteiger partial charge in [0.15, 0.2) is 0 Å². The third-order valence-corrected chi connectivity index (χ3v) is 4.18. The predicted molar refractivity (Wildman–Crippen MR) is 73.3 cm³/mol. The van der Waals surface area contributed by atoms with Crippen molar-refractivity contribution in [3.8, 4) is 0 Å². The van der Waals surface area contributed by atoms with Crippen LogP contribution in [0.4, 0.5) is 10.1 Å². The summed E-state index contributed by atoms with van der Waals surface area (Å²) >= 11 is 1.85. The standard InChI is InChI=1S/C13H17FN2OS/c1-13(2)8-16(3-4-18-13)12(17)9-5-10(14)7-11(15)6-9/h5-7H,3-4,8,15H2,1-2H3. The number of carbonyl (C=O) groups excluding carboxylic acids is 1. The molecule has 0 saturated carbocycles. The molecule has 1 aromatic rings. The Morgan fingerprint density at radius 1 is 1.44 bits per heavy atom. The average molecular weight is 268 g/mol. The number of amides is 1. The van der Waals surface area contributed by atoms with E-state index in [9.17, 15) is 9.18 Å². The molecule has 3 nitrogen and oxygen atoms in total. The van der Waals surface area contributed by atoms with Gasteiger partial charge >= 0.3 is 0 Å². The lowest BCUT2D eigenvalue weighted by Gasteiger charge is -2.37. The second-order valence-corrected chi connectivity index (χ2v) is 6.91. The van der Waals surface area contributed by atoms with Crippen LogP contribution in [0.25, 0.3) is 0 Å². The van der Waals surface area contributed by atoms with Gasteiger partial charge in [-0.2, -0.15) is 11.8 Å². The van der Waals surface area contributed by atoms with Gasteiger partial charge in [0.25, 0.3) is 5.91 Å². The summed E-state index contributed by atoms with van der Waals surface area (Å²) in [6.07, 6.45) is 0. The van der Waals surface area contributed by atoms with Crippen LogP contribution in [0, 0.1) is 5.82 Å². The van der Waals surface area contributed by atoms with Gasteiger partial charge in [0.05, 0.1) is 0 Å². The number of nitrogens with zero attached hydrogens (tertiary/aromatic N) is 1. The summed E-state index contributed by atoms with van der Waals surface area (Å²) in [7, 11) is 0. The van der Waals surface area contributed by atoms with Crippen molar-refractivity contribution < 1.29 is 9.18 Å². The largest absolute Gasteiger partial charge is 0.399 e. The summed E-state index contributed by atoms with van der Waals surface area (Å²) < 4.78 is 13.3. The first kappa shape index (κ1) is 13.2. The van der Waals surface area contributed by atoms with Crippen LogP contribution < -0.4 is 5.73 Å². The Balaban J connectivity index is 2.20. The molecule has 18 heavy (non-hydrogen) atoms. The molecule has 98 valence electrons. The number of hydrogen-bond acceptors (Lipinski definition) is 3. The van der Waals surface area contributed by atoms with Gasteiger partial charge in [-0.25, -0.2) is 4.39 Å². The maximum atomic E-state index is 13.3. The monoisotopic (exact) mass is 268 g/mol. The zero-order valence-electron chi connectivity index (χ0n) is 10.6. The number of thioether (sulfide) groups is 1. The average Bonchev–Trinajstić information content (AvgIpc) is 2.25. The third kappa shape index (κ3) is 2.96. The minimum atomic E-state index is -0.469. The van der Waals surface area contributed by atoms with Gasteiger partial charge in [-0.15, -0.1) is 0 Å². The lowest BCUT2D eigenvalue weighted by molar-refractivity contribution is 0.0747. The lowest BCUT2D eigenvalue weighted by Crippen LogP contribution is -2.46. The Labute approximate surface area is 111 Å². The van der Waals surface area contributed by atoms with E-state index in [0.29, 0.717) is 18.7 Å². The normalized spacial score (nSPS) is 18.7. The quantitative estimate of drug-likeness (QED) is 0.795. The SMILES string of the molecule is CC1(C)CN(C(=O)c2cc(N)cc(F)c2)CCS1. The number of halogens is 1. The van der Waals surface area contributed by atoms with E-state index in [2.05, 4.69) is 13.8 Å². The Morgan fingerprint density at radius 3 is 2.78 bits per heavy atom. The zero-order valence-corrected chi connectivity index (χ0v) is 11.4. The van der Waals surface area contributed by atoms with Gasteiger partial charge in [-0.1, -0.05) is 0 Å². The molecule has 0 atom stereocenters. The van der Waals surface area contributed by atoms with Crippen molar-refractivity contribution in [1.82, 2.24) is 4.90 Å². The summed E-state index contributed by atoms with van der Waals surface area (Å²) in [4.78, 5) is 14.1. The van der Waals surface area contributed by atoms with Crippen molar-refractivity contribution in [2.75, 3.05) is 24.6 Å². The molecule has 1 fully saturated rings. The van der Waals surface area contributed by atoms with Crippen LogP contribution >= 0.6 is 11.8 Å². The molecule has 1 heterocycles. The maximum absolute atomic E-state index is 13.3. The van der Waals surface area contributed by atoms with Gasteiger partial charge < -0.3 is 10.6 Å². The van der Waals surface area contributed by atoms with Crippen LogP contribution in [0.1, 0.15) is 24.2 Å². The number of anilines is 1. The van der Waals surface area contributed by atoms with Crippen molar-refractivity contribution in [2.24, 2.45) is 0 Å². The van der Waals surface area contributed by atoms with E-state index in [0.717, 1.165) is 5.75 Å². The van der Waals surface area contributed by atoms with Gasteiger partial charge in [-0.3, -0.25) is 4.79 Å². The van der Waals surface area contributed by atoms with Crippen LogP contribution in [0.5, 0.6) is 0 Å². The Bertz CT molecular complexity index is 456. The van der Waals surface area contributed by atoms with Crippen molar-refractivity contribution >= 4 is 23.4 Å². The lowest BCUT2D eigenvalue weighted by atomic mass is 10.1. The second-order valence-electron chi connectivity index (χ2n) is 5.11. The molecule has 0 unspecified atom stereocenters. The number of nitrogen functional groups attached to an aromatic ring is 1. The molecule has 1 saturated heterocycles. The molecule has 0 aliphatic carbocycles. The van der Waals surface area contributed by atoms with E-state index in [1.54, 1.807) is 4.90 Å². The van der Waals surface area contributed by atoms with Gasteiger partial charge in [-0.05, 0) is 32.0 Å². The first-order valence-corrected chi connectivity index (χ1v) is 6.85. The van der Waals surface area contributed by atoms with Crippen LogP contribution in [0.3, 0.4) is 0 Å². The molecule has 0 spiro atoms. The van der Waals surface area contributed by atoms with Gasteiger partial charge in [0.1, 0.15) is 5.82 Å². The minimum absolute atomic E-state index is 0.0484. The van der Waals surface area contributed by atoms with E-state index < -0.39 is 5.82 Å². The second kappa shape index (κ2) is 4.80. The molecule has 1 aliphatic rings. The molecule has 1 aromatic carbocycles. The van der Waals surface area contributed by atoms with Crippen LogP contribution in [-0.2, 0) is 0 Å². The fourth-order valence-corrected chi connectivity index (χ4v) is 3.22. The summed E-state index contributed by atoms with van der Waals surface area (Å²) in [6, 6.07) is 3.99. The highest BCUT2D eigenvalue weighted by Crippen LogP contribution is 2.30. The maximum Gasteiger partial charge on any atom is 0.254 e. The Hall–Kier alpha value is -1.23. The number of nitrogens with two attached hydrogens (primary N) is 1. The third-order valence-electron chi connectivity index (χ3n) is 2.88. The molecule has 5 heteroatoms. The van der Waals surface area contributed by atoms with Gasteiger partial charge in [0, 0.05) is 34.8 Å². The zero-order chi connectivity index (χ0) is 13.3. The highest BCUT2D eigenvalue weighted by molar-refractivity contribution is 8.00. The van der Waals surface area contributed by atoms with E-state index >= 15 is 0 Å². The summed E-state index contributed by atoms with van der Waals surface area (Å²) in [6.45, 7) is 5.59. The summed E-state index contributed by atoms with van der Waals surface area (Å²) in [5.74, 6) is 0.294. The minimum Gasteiger partial charge on any atom is -0.399 e. The molecule has 1 amide bonds. The molecular weight excluding hydrogens is 251 g/mol. The topological polar surface area (TPSA) is 46.3 Å². The first-order valence-electron chi connectivity index (χ1n) is 5.87. The first-order chi connectivity index (χ1) is 8.37. The highest BCUT2D eigenvalue weighted by Gasteiger charge is 2.30. The molecule has 2 rings (SSSR count). The number of hydrogen-bond donors (Lipinski definition) is 1. The smallest absolute Gasteiger partial charge is 0.254 e.